The molecule has 0 aromatic heterocycles. The number of hydrogen-bond donors (Lipinski definition) is 2. The first-order valence-electron chi connectivity index (χ1n) is 9.64. The second-order valence-corrected chi connectivity index (χ2v) is 7.69. The molecular weight excluding hydrogens is 388 g/mol. The van der Waals surface area contributed by atoms with Crippen LogP contribution in [0.4, 0.5) is 5.69 Å². The highest BCUT2D eigenvalue weighted by Crippen LogP contribution is 2.34. The molecule has 29 heavy (non-hydrogen) atoms. The van der Waals surface area contributed by atoms with Gasteiger partial charge in [0.15, 0.2) is 0 Å². The van der Waals surface area contributed by atoms with E-state index in [9.17, 15) is 9.59 Å². The Balaban J connectivity index is 1.62. The highest BCUT2D eigenvalue weighted by molar-refractivity contribution is 6.30. The monoisotopic (exact) mass is 412 g/mol. The van der Waals surface area contributed by atoms with Gasteiger partial charge in [0, 0.05) is 48.9 Å². The minimum atomic E-state index is -0.146. The van der Waals surface area contributed by atoms with Gasteiger partial charge in [-0.25, -0.2) is 0 Å². The van der Waals surface area contributed by atoms with Crippen molar-refractivity contribution in [1.29, 1.82) is 0 Å². The van der Waals surface area contributed by atoms with E-state index in [2.05, 4.69) is 10.6 Å². The predicted molar refractivity (Wildman–Crippen MR) is 116 cm³/mol. The molecule has 1 aliphatic rings. The van der Waals surface area contributed by atoms with Crippen LogP contribution in [0.5, 0.6) is 0 Å². The molecule has 152 valence electrons. The molecule has 2 N–H and O–H groups in total. The van der Waals surface area contributed by atoms with E-state index < -0.39 is 0 Å². The van der Waals surface area contributed by atoms with Crippen molar-refractivity contribution in [3.8, 4) is 0 Å². The maximum Gasteiger partial charge on any atom is 0.244 e. The van der Waals surface area contributed by atoms with Crippen molar-refractivity contribution in [3.05, 3.63) is 70.8 Å². The Morgan fingerprint density at radius 1 is 1.07 bits per heavy atom. The molecule has 1 fully saturated rings. The summed E-state index contributed by atoms with van der Waals surface area (Å²) in [5, 5.41) is 6.46. The van der Waals surface area contributed by atoms with Crippen LogP contribution >= 0.6 is 11.6 Å². The highest BCUT2D eigenvalue weighted by Gasteiger charge is 2.34. The van der Waals surface area contributed by atoms with Crippen molar-refractivity contribution in [3.63, 3.8) is 0 Å². The van der Waals surface area contributed by atoms with E-state index in [1.165, 1.54) is 18.6 Å². The van der Waals surface area contributed by atoms with Gasteiger partial charge in [0.1, 0.15) is 0 Å². The molecule has 1 aliphatic heterocycles. The number of amides is 2. The molecule has 5 nitrogen and oxygen atoms in total. The lowest BCUT2D eigenvalue weighted by Gasteiger charge is -2.37. The first-order chi connectivity index (χ1) is 14.0. The average Bonchev–Trinajstić information content (AvgIpc) is 2.72. The van der Waals surface area contributed by atoms with Gasteiger partial charge in [-0.3, -0.25) is 9.59 Å². The fourth-order valence-corrected chi connectivity index (χ4v) is 3.63. The Morgan fingerprint density at radius 2 is 1.72 bits per heavy atom. The molecule has 2 amide bonds. The van der Waals surface area contributed by atoms with Gasteiger partial charge in [-0.2, -0.15) is 0 Å². The number of benzene rings is 2. The molecule has 0 unspecified atom stereocenters. The lowest BCUT2D eigenvalue weighted by molar-refractivity contribution is -0.117. The molecule has 0 bridgehead atoms. The second kappa shape index (κ2) is 9.72. The molecule has 0 radical (unpaired) electrons. The van der Waals surface area contributed by atoms with Crippen LogP contribution in [-0.4, -0.2) is 31.6 Å². The summed E-state index contributed by atoms with van der Waals surface area (Å²) in [7, 11) is 0. The summed E-state index contributed by atoms with van der Waals surface area (Å²) in [6, 6.07) is 15.2. The van der Waals surface area contributed by atoms with Crippen LogP contribution in [0.15, 0.2) is 54.6 Å². The minimum Gasteiger partial charge on any atom is -0.381 e. The van der Waals surface area contributed by atoms with Gasteiger partial charge in [0.2, 0.25) is 11.8 Å². The number of carbonyl (C=O) groups excluding carboxylic acids is 2. The first kappa shape index (κ1) is 21.1. The first-order valence-corrected chi connectivity index (χ1v) is 10.0. The number of halogens is 1. The molecule has 1 saturated heterocycles. The molecule has 0 saturated carbocycles. The number of rotatable bonds is 6. The van der Waals surface area contributed by atoms with Crippen LogP contribution in [0.2, 0.25) is 5.02 Å². The summed E-state index contributed by atoms with van der Waals surface area (Å²) < 4.78 is 5.54. The van der Waals surface area contributed by atoms with Crippen molar-refractivity contribution in [2.75, 3.05) is 25.1 Å². The minimum absolute atomic E-state index is 0.115. The SMILES string of the molecule is CC(=O)Nc1ccc(C=CC(=O)NCC2(c3ccc(Cl)cc3)CCOCC2)cc1. The number of nitrogens with one attached hydrogen (secondary N) is 2. The van der Waals surface area contributed by atoms with Gasteiger partial charge in [-0.1, -0.05) is 35.9 Å². The van der Waals surface area contributed by atoms with E-state index >= 15 is 0 Å². The van der Waals surface area contributed by atoms with Crippen molar-refractivity contribution >= 4 is 35.2 Å². The number of anilines is 1. The molecule has 0 atom stereocenters. The van der Waals surface area contributed by atoms with Crippen molar-refractivity contribution < 1.29 is 14.3 Å². The Kier molecular flexibility index (Phi) is 7.07. The molecular formula is C23H25ClN2O3. The molecule has 3 rings (SSSR count). The fourth-order valence-electron chi connectivity index (χ4n) is 3.50. The molecule has 2 aromatic carbocycles. The highest BCUT2D eigenvalue weighted by atomic mass is 35.5. The van der Waals surface area contributed by atoms with Gasteiger partial charge in [-0.05, 0) is 54.3 Å². The molecule has 1 heterocycles. The molecule has 0 spiro atoms. The number of hydrogen-bond acceptors (Lipinski definition) is 3. The van der Waals surface area contributed by atoms with Crippen LogP contribution in [0, 0.1) is 0 Å². The number of ether oxygens (including phenoxy) is 1. The van der Waals surface area contributed by atoms with Crippen molar-refractivity contribution in [2.45, 2.75) is 25.2 Å². The summed E-state index contributed by atoms with van der Waals surface area (Å²) in [6.07, 6.45) is 4.99. The Labute approximate surface area is 176 Å². The van der Waals surface area contributed by atoms with Crippen LogP contribution in [0.1, 0.15) is 30.9 Å². The summed E-state index contributed by atoms with van der Waals surface area (Å²) >= 11 is 6.03. The van der Waals surface area contributed by atoms with Gasteiger partial charge in [0.25, 0.3) is 0 Å². The third-order valence-corrected chi connectivity index (χ3v) is 5.42. The lowest BCUT2D eigenvalue weighted by Crippen LogP contribution is -2.44. The molecule has 0 aliphatic carbocycles. The van der Waals surface area contributed by atoms with E-state index in [1.807, 2.05) is 36.4 Å². The fraction of sp³-hybridized carbons (Fsp3) is 0.304. The Hall–Kier alpha value is -2.63. The summed E-state index contributed by atoms with van der Waals surface area (Å²) in [5.41, 5.74) is 2.63. The summed E-state index contributed by atoms with van der Waals surface area (Å²) in [6.45, 7) is 3.36. The summed E-state index contributed by atoms with van der Waals surface area (Å²) in [5.74, 6) is -0.258. The van der Waals surface area contributed by atoms with Gasteiger partial charge in [-0.15, -0.1) is 0 Å². The zero-order valence-corrected chi connectivity index (χ0v) is 17.2. The van der Waals surface area contributed by atoms with Crippen LogP contribution in [-0.2, 0) is 19.7 Å². The van der Waals surface area contributed by atoms with Gasteiger partial charge >= 0.3 is 0 Å². The largest absolute Gasteiger partial charge is 0.381 e. The van der Waals surface area contributed by atoms with E-state index in [0.717, 1.165) is 24.1 Å². The quantitative estimate of drug-likeness (QED) is 0.699. The van der Waals surface area contributed by atoms with Crippen molar-refractivity contribution in [2.24, 2.45) is 0 Å². The van der Waals surface area contributed by atoms with Crippen LogP contribution in [0.3, 0.4) is 0 Å². The van der Waals surface area contributed by atoms with Gasteiger partial charge < -0.3 is 15.4 Å². The van der Waals surface area contributed by atoms with E-state index in [-0.39, 0.29) is 17.2 Å². The lowest BCUT2D eigenvalue weighted by atomic mass is 9.74. The Morgan fingerprint density at radius 3 is 2.34 bits per heavy atom. The third-order valence-electron chi connectivity index (χ3n) is 5.17. The van der Waals surface area contributed by atoms with E-state index in [4.69, 9.17) is 16.3 Å². The smallest absolute Gasteiger partial charge is 0.244 e. The van der Waals surface area contributed by atoms with Crippen LogP contribution in [0.25, 0.3) is 6.08 Å². The maximum atomic E-state index is 12.4. The topological polar surface area (TPSA) is 67.4 Å². The van der Waals surface area contributed by atoms with Crippen molar-refractivity contribution in [1.82, 2.24) is 5.32 Å². The van der Waals surface area contributed by atoms with E-state index in [0.29, 0.717) is 24.8 Å². The van der Waals surface area contributed by atoms with Crippen LogP contribution < -0.4 is 10.6 Å². The van der Waals surface area contributed by atoms with Gasteiger partial charge in [0.05, 0.1) is 0 Å². The predicted octanol–water partition coefficient (Wildman–Crippen LogP) is 4.18. The average molecular weight is 413 g/mol. The van der Waals surface area contributed by atoms with E-state index in [1.54, 1.807) is 18.2 Å². The third kappa shape index (κ3) is 5.92. The Bertz CT molecular complexity index is 870. The normalized spacial score (nSPS) is 15.8. The number of carbonyl (C=O) groups is 2. The zero-order valence-electron chi connectivity index (χ0n) is 16.4. The molecule has 2 aromatic rings. The zero-order chi connectivity index (χ0) is 20.7. The summed E-state index contributed by atoms with van der Waals surface area (Å²) in [4.78, 5) is 23.5. The standard InChI is InChI=1S/C23H25ClN2O3/c1-17(27)26-21-9-2-18(3-10-21)4-11-22(28)25-16-23(12-14-29-15-13-23)19-5-7-20(24)8-6-19/h2-11H,12-16H2,1H3,(H,25,28)(H,26,27). The maximum absolute atomic E-state index is 12.4. The second-order valence-electron chi connectivity index (χ2n) is 7.25. The molecule has 6 heteroatoms.